The molecule has 0 aromatic rings. The average Bonchev–Trinajstić information content (AvgIpc) is 3.17. The second kappa shape index (κ2) is 5.05. The Balaban J connectivity index is 1.42. The fourth-order valence-corrected chi connectivity index (χ4v) is 2.93. The van der Waals surface area contributed by atoms with Gasteiger partial charge in [0.1, 0.15) is 0 Å². The van der Waals surface area contributed by atoms with Crippen LogP contribution in [0.2, 0.25) is 0 Å². The van der Waals surface area contributed by atoms with Gasteiger partial charge in [-0.05, 0) is 51.1 Å². The largest absolute Gasteiger partial charge is 0.312 e. The normalized spacial score (nSPS) is 31.9. The van der Waals surface area contributed by atoms with Crippen molar-refractivity contribution < 1.29 is 0 Å². The SMILES string of the molecule is C1CCN(CCC2CC2)C(CNC2CC2)C1. The smallest absolute Gasteiger partial charge is 0.0220 e. The summed E-state index contributed by atoms with van der Waals surface area (Å²) in [7, 11) is 0. The summed E-state index contributed by atoms with van der Waals surface area (Å²) < 4.78 is 0. The van der Waals surface area contributed by atoms with E-state index in [9.17, 15) is 0 Å². The van der Waals surface area contributed by atoms with Crippen LogP contribution in [0.5, 0.6) is 0 Å². The molecule has 0 amide bonds. The zero-order chi connectivity index (χ0) is 10.8. The maximum atomic E-state index is 3.72. The van der Waals surface area contributed by atoms with E-state index in [1.54, 1.807) is 0 Å². The Morgan fingerprint density at radius 2 is 1.88 bits per heavy atom. The lowest BCUT2D eigenvalue weighted by Gasteiger charge is -2.36. The first-order valence-corrected chi connectivity index (χ1v) is 7.39. The summed E-state index contributed by atoms with van der Waals surface area (Å²) in [5, 5.41) is 3.72. The molecule has 3 rings (SSSR count). The van der Waals surface area contributed by atoms with Crippen LogP contribution in [0.25, 0.3) is 0 Å². The Kier molecular flexibility index (Phi) is 3.49. The summed E-state index contributed by atoms with van der Waals surface area (Å²) in [5.41, 5.74) is 0. The lowest BCUT2D eigenvalue weighted by atomic mass is 10.0. The average molecular weight is 222 g/mol. The van der Waals surface area contributed by atoms with E-state index in [2.05, 4.69) is 10.2 Å². The molecule has 1 saturated heterocycles. The number of piperidine rings is 1. The Labute approximate surface area is 99.8 Å². The predicted octanol–water partition coefficient (Wildman–Crippen LogP) is 2.39. The Morgan fingerprint density at radius 3 is 2.62 bits per heavy atom. The molecular formula is C14H26N2. The van der Waals surface area contributed by atoms with Crippen molar-refractivity contribution in [2.75, 3.05) is 19.6 Å². The van der Waals surface area contributed by atoms with E-state index in [0.717, 1.165) is 18.0 Å². The zero-order valence-electron chi connectivity index (χ0n) is 10.5. The summed E-state index contributed by atoms with van der Waals surface area (Å²) >= 11 is 0. The molecule has 2 heteroatoms. The van der Waals surface area contributed by atoms with Crippen LogP contribution in [-0.2, 0) is 0 Å². The Hall–Kier alpha value is -0.0800. The minimum absolute atomic E-state index is 0.855. The first-order chi connectivity index (χ1) is 7.92. The fourth-order valence-electron chi connectivity index (χ4n) is 2.93. The molecule has 3 aliphatic rings. The third kappa shape index (κ3) is 3.21. The molecule has 92 valence electrons. The van der Waals surface area contributed by atoms with Gasteiger partial charge in [0.05, 0.1) is 0 Å². The second-order valence-corrected chi connectivity index (χ2v) is 6.10. The van der Waals surface area contributed by atoms with Crippen LogP contribution < -0.4 is 5.32 Å². The van der Waals surface area contributed by atoms with E-state index >= 15 is 0 Å². The zero-order valence-corrected chi connectivity index (χ0v) is 10.5. The molecule has 16 heavy (non-hydrogen) atoms. The first-order valence-electron chi connectivity index (χ1n) is 7.39. The summed E-state index contributed by atoms with van der Waals surface area (Å²) in [6.45, 7) is 4.00. The molecule has 1 aliphatic heterocycles. The molecule has 1 heterocycles. The van der Waals surface area contributed by atoms with E-state index in [1.165, 1.54) is 71.0 Å². The van der Waals surface area contributed by atoms with E-state index in [0.29, 0.717) is 0 Å². The van der Waals surface area contributed by atoms with Crippen LogP contribution >= 0.6 is 0 Å². The molecule has 1 unspecified atom stereocenters. The van der Waals surface area contributed by atoms with Crippen molar-refractivity contribution in [1.82, 2.24) is 10.2 Å². The molecule has 0 radical (unpaired) electrons. The molecule has 0 bridgehead atoms. The highest BCUT2D eigenvalue weighted by molar-refractivity contribution is 4.86. The highest BCUT2D eigenvalue weighted by Crippen LogP contribution is 2.33. The van der Waals surface area contributed by atoms with Crippen molar-refractivity contribution in [2.45, 2.75) is 63.5 Å². The molecule has 1 atom stereocenters. The predicted molar refractivity (Wildman–Crippen MR) is 67.6 cm³/mol. The van der Waals surface area contributed by atoms with Gasteiger partial charge < -0.3 is 5.32 Å². The van der Waals surface area contributed by atoms with Gasteiger partial charge in [-0.2, -0.15) is 0 Å². The van der Waals surface area contributed by atoms with Gasteiger partial charge >= 0.3 is 0 Å². The van der Waals surface area contributed by atoms with Crippen molar-refractivity contribution in [1.29, 1.82) is 0 Å². The maximum absolute atomic E-state index is 3.72. The van der Waals surface area contributed by atoms with Crippen molar-refractivity contribution in [3.05, 3.63) is 0 Å². The molecule has 2 aliphatic carbocycles. The van der Waals surface area contributed by atoms with Gasteiger partial charge in [-0.1, -0.05) is 19.3 Å². The second-order valence-electron chi connectivity index (χ2n) is 6.10. The van der Waals surface area contributed by atoms with Gasteiger partial charge in [-0.15, -0.1) is 0 Å². The molecule has 2 saturated carbocycles. The highest BCUT2D eigenvalue weighted by Gasteiger charge is 2.28. The van der Waals surface area contributed by atoms with Crippen molar-refractivity contribution >= 4 is 0 Å². The van der Waals surface area contributed by atoms with Crippen molar-refractivity contribution in [3.8, 4) is 0 Å². The maximum Gasteiger partial charge on any atom is 0.0220 e. The van der Waals surface area contributed by atoms with Crippen LogP contribution in [-0.4, -0.2) is 36.6 Å². The molecule has 0 spiro atoms. The molecule has 0 aromatic carbocycles. The van der Waals surface area contributed by atoms with Crippen LogP contribution in [0.1, 0.15) is 51.4 Å². The summed E-state index contributed by atoms with van der Waals surface area (Å²) in [4.78, 5) is 2.78. The molecule has 2 nitrogen and oxygen atoms in total. The van der Waals surface area contributed by atoms with Crippen LogP contribution in [0.15, 0.2) is 0 Å². The number of nitrogens with one attached hydrogen (secondary N) is 1. The van der Waals surface area contributed by atoms with Gasteiger partial charge in [-0.25, -0.2) is 0 Å². The Morgan fingerprint density at radius 1 is 1.00 bits per heavy atom. The van der Waals surface area contributed by atoms with Crippen LogP contribution in [0.3, 0.4) is 0 Å². The van der Waals surface area contributed by atoms with Gasteiger partial charge in [-0.3, -0.25) is 4.90 Å². The molecular weight excluding hydrogens is 196 g/mol. The van der Waals surface area contributed by atoms with Crippen molar-refractivity contribution in [3.63, 3.8) is 0 Å². The number of hydrogen-bond acceptors (Lipinski definition) is 2. The number of rotatable bonds is 6. The van der Waals surface area contributed by atoms with Gasteiger partial charge in [0, 0.05) is 18.6 Å². The standard InChI is InChI=1S/C14H26N2/c1-2-9-16(10-8-12-4-5-12)14(3-1)11-15-13-6-7-13/h12-15H,1-11H2. The quantitative estimate of drug-likeness (QED) is 0.742. The minimum atomic E-state index is 0.855. The van der Waals surface area contributed by atoms with Crippen LogP contribution in [0.4, 0.5) is 0 Å². The van der Waals surface area contributed by atoms with E-state index < -0.39 is 0 Å². The van der Waals surface area contributed by atoms with Gasteiger partial charge in [0.25, 0.3) is 0 Å². The van der Waals surface area contributed by atoms with E-state index in [4.69, 9.17) is 0 Å². The summed E-state index contributed by atoms with van der Waals surface area (Å²) in [6, 6.07) is 1.74. The molecule has 0 aromatic heterocycles. The van der Waals surface area contributed by atoms with Crippen molar-refractivity contribution in [2.24, 2.45) is 5.92 Å². The number of likely N-dealkylation sites (tertiary alicyclic amines) is 1. The van der Waals surface area contributed by atoms with E-state index in [1.807, 2.05) is 0 Å². The van der Waals surface area contributed by atoms with Gasteiger partial charge in [0.2, 0.25) is 0 Å². The lowest BCUT2D eigenvalue weighted by Crippen LogP contribution is -2.46. The molecule has 1 N–H and O–H groups in total. The first kappa shape index (κ1) is 11.0. The third-order valence-corrected chi connectivity index (χ3v) is 4.49. The summed E-state index contributed by atoms with van der Waals surface area (Å²) in [6.07, 6.45) is 11.7. The number of nitrogens with zero attached hydrogens (tertiary/aromatic N) is 1. The van der Waals surface area contributed by atoms with Crippen LogP contribution in [0, 0.1) is 5.92 Å². The highest BCUT2D eigenvalue weighted by atomic mass is 15.2. The number of hydrogen-bond donors (Lipinski definition) is 1. The monoisotopic (exact) mass is 222 g/mol. The summed E-state index contributed by atoms with van der Waals surface area (Å²) in [5.74, 6) is 1.10. The minimum Gasteiger partial charge on any atom is -0.312 e. The van der Waals surface area contributed by atoms with Gasteiger partial charge in [0.15, 0.2) is 0 Å². The molecule has 3 fully saturated rings. The third-order valence-electron chi connectivity index (χ3n) is 4.49. The Bertz CT molecular complexity index is 197. The van der Waals surface area contributed by atoms with E-state index in [-0.39, 0.29) is 0 Å². The topological polar surface area (TPSA) is 15.3 Å². The fraction of sp³-hybridized carbons (Fsp3) is 1.00. The lowest BCUT2D eigenvalue weighted by molar-refractivity contribution is 0.141.